The first-order chi connectivity index (χ1) is 16.3. The fraction of sp³-hybridized carbons (Fsp3) is 0.174. The SMILES string of the molecule is CS(=O)(=O)N(Cc1ccc(F)cc1)c1ccc(OCC(=O)Nc2ccc(Cl)c(C(F)(F)F)c2)cc1. The van der Waals surface area contributed by atoms with E-state index in [2.05, 4.69) is 5.32 Å². The lowest BCUT2D eigenvalue weighted by molar-refractivity contribution is -0.137. The van der Waals surface area contributed by atoms with Crippen LogP contribution in [0.2, 0.25) is 5.02 Å². The minimum atomic E-state index is -4.67. The molecule has 35 heavy (non-hydrogen) atoms. The van der Waals surface area contributed by atoms with Gasteiger partial charge in [-0.05, 0) is 60.2 Å². The number of sulfonamides is 1. The highest BCUT2D eigenvalue weighted by Gasteiger charge is 2.33. The van der Waals surface area contributed by atoms with Crippen LogP contribution in [0.3, 0.4) is 0 Å². The highest BCUT2D eigenvalue weighted by molar-refractivity contribution is 7.92. The molecule has 0 aliphatic heterocycles. The van der Waals surface area contributed by atoms with E-state index in [-0.39, 0.29) is 18.0 Å². The van der Waals surface area contributed by atoms with Crippen LogP contribution in [0, 0.1) is 5.82 Å². The number of hydrogen-bond donors (Lipinski definition) is 1. The van der Waals surface area contributed by atoms with Crippen molar-refractivity contribution in [3.8, 4) is 5.75 Å². The summed E-state index contributed by atoms with van der Waals surface area (Å²) < 4.78 is 83.0. The molecule has 3 rings (SSSR count). The number of ether oxygens (including phenoxy) is 1. The lowest BCUT2D eigenvalue weighted by Crippen LogP contribution is -2.29. The second-order valence-electron chi connectivity index (χ2n) is 7.42. The fourth-order valence-corrected chi connectivity index (χ4v) is 4.14. The highest BCUT2D eigenvalue weighted by Crippen LogP contribution is 2.36. The van der Waals surface area contributed by atoms with Gasteiger partial charge in [0.05, 0.1) is 29.1 Å². The average molecular weight is 531 g/mol. The monoisotopic (exact) mass is 530 g/mol. The Hall–Kier alpha value is -3.31. The number of amides is 1. The summed E-state index contributed by atoms with van der Waals surface area (Å²) in [6.45, 7) is -0.530. The molecule has 0 aliphatic rings. The second-order valence-corrected chi connectivity index (χ2v) is 9.73. The Morgan fingerprint density at radius 2 is 1.66 bits per heavy atom. The number of nitrogens with one attached hydrogen (secondary N) is 1. The maximum atomic E-state index is 13.1. The number of carbonyl (C=O) groups is 1. The van der Waals surface area contributed by atoms with Crippen LogP contribution in [0.25, 0.3) is 0 Å². The van der Waals surface area contributed by atoms with Crippen molar-refractivity contribution in [1.82, 2.24) is 0 Å². The first-order valence-electron chi connectivity index (χ1n) is 9.94. The maximum absolute atomic E-state index is 13.1. The van der Waals surface area contributed by atoms with Gasteiger partial charge >= 0.3 is 6.18 Å². The molecular formula is C23H19ClF4N2O4S. The van der Waals surface area contributed by atoms with Crippen LogP contribution in [0.15, 0.2) is 66.7 Å². The van der Waals surface area contributed by atoms with E-state index in [9.17, 15) is 30.8 Å². The summed E-state index contributed by atoms with van der Waals surface area (Å²) in [4.78, 5) is 12.1. The predicted octanol–water partition coefficient (Wildman–Crippen LogP) is 5.48. The van der Waals surface area contributed by atoms with Crippen molar-refractivity contribution in [3.63, 3.8) is 0 Å². The summed E-state index contributed by atoms with van der Waals surface area (Å²) >= 11 is 5.56. The lowest BCUT2D eigenvalue weighted by Gasteiger charge is -2.22. The molecule has 0 saturated carbocycles. The van der Waals surface area contributed by atoms with Gasteiger partial charge in [-0.1, -0.05) is 23.7 Å². The summed E-state index contributed by atoms with van der Waals surface area (Å²) in [5, 5.41) is 1.80. The van der Waals surface area contributed by atoms with E-state index in [4.69, 9.17) is 16.3 Å². The molecule has 3 aromatic rings. The summed E-state index contributed by atoms with van der Waals surface area (Å²) in [6.07, 6.45) is -3.64. The smallest absolute Gasteiger partial charge is 0.417 e. The zero-order valence-corrected chi connectivity index (χ0v) is 19.7. The van der Waals surface area contributed by atoms with E-state index in [0.717, 1.165) is 22.7 Å². The van der Waals surface area contributed by atoms with Gasteiger partial charge in [-0.25, -0.2) is 12.8 Å². The molecule has 1 N–H and O–H groups in total. The topological polar surface area (TPSA) is 75.7 Å². The molecule has 3 aromatic carbocycles. The first-order valence-corrected chi connectivity index (χ1v) is 12.2. The van der Waals surface area contributed by atoms with Crippen LogP contribution in [0.5, 0.6) is 5.75 Å². The first kappa shape index (κ1) is 26.3. The fourth-order valence-electron chi connectivity index (χ4n) is 3.03. The third-order valence-electron chi connectivity index (χ3n) is 4.69. The van der Waals surface area contributed by atoms with Crippen molar-refractivity contribution < 1.29 is 35.5 Å². The number of benzene rings is 3. The van der Waals surface area contributed by atoms with Gasteiger partial charge in [-0.15, -0.1) is 0 Å². The molecule has 0 aliphatic carbocycles. The van der Waals surface area contributed by atoms with E-state index in [1.54, 1.807) is 0 Å². The van der Waals surface area contributed by atoms with Gasteiger partial charge < -0.3 is 10.1 Å². The molecule has 0 heterocycles. The van der Waals surface area contributed by atoms with Gasteiger partial charge in [0, 0.05) is 5.69 Å². The molecule has 0 saturated heterocycles. The number of carbonyl (C=O) groups excluding carboxylic acids is 1. The highest BCUT2D eigenvalue weighted by atomic mass is 35.5. The quantitative estimate of drug-likeness (QED) is 0.391. The molecule has 186 valence electrons. The summed E-state index contributed by atoms with van der Waals surface area (Å²) in [7, 11) is -3.67. The zero-order valence-electron chi connectivity index (χ0n) is 18.1. The molecule has 6 nitrogen and oxygen atoms in total. The van der Waals surface area contributed by atoms with Crippen LogP contribution in [-0.4, -0.2) is 27.2 Å². The Balaban J connectivity index is 1.64. The standard InChI is InChI=1S/C23H19ClF4N2O4S/c1-35(32,33)30(13-15-2-4-16(25)5-3-15)18-7-9-19(10-8-18)34-14-22(31)29-17-6-11-21(24)20(12-17)23(26,27)28/h2-12H,13-14H2,1H3,(H,29,31). The molecular weight excluding hydrogens is 512 g/mol. The third kappa shape index (κ3) is 7.33. The summed E-state index contributed by atoms with van der Waals surface area (Å²) in [5.41, 5.74) is -0.293. The van der Waals surface area contributed by atoms with Gasteiger partial charge in [0.1, 0.15) is 11.6 Å². The minimum Gasteiger partial charge on any atom is -0.484 e. The van der Waals surface area contributed by atoms with Crippen molar-refractivity contribution in [3.05, 3.63) is 88.7 Å². The maximum Gasteiger partial charge on any atom is 0.417 e. The zero-order chi connectivity index (χ0) is 25.8. The number of nitrogens with zero attached hydrogens (tertiary/aromatic N) is 1. The molecule has 0 atom stereocenters. The van der Waals surface area contributed by atoms with Gasteiger partial charge in [-0.3, -0.25) is 9.10 Å². The summed E-state index contributed by atoms with van der Waals surface area (Å²) in [6, 6.07) is 14.2. The van der Waals surface area contributed by atoms with Gasteiger partial charge in [0.2, 0.25) is 10.0 Å². The van der Waals surface area contributed by atoms with Crippen molar-refractivity contribution >= 4 is 38.9 Å². The van der Waals surface area contributed by atoms with Crippen LogP contribution in [-0.2, 0) is 27.5 Å². The largest absolute Gasteiger partial charge is 0.484 e. The van der Waals surface area contributed by atoms with Crippen molar-refractivity contribution in [2.75, 3.05) is 22.5 Å². The third-order valence-corrected chi connectivity index (χ3v) is 6.16. The Morgan fingerprint density at radius 1 is 1.03 bits per heavy atom. The number of hydrogen-bond acceptors (Lipinski definition) is 4. The molecule has 12 heteroatoms. The van der Waals surface area contributed by atoms with Gasteiger partial charge in [0.25, 0.3) is 5.91 Å². The number of rotatable bonds is 8. The normalized spacial score (nSPS) is 11.7. The predicted molar refractivity (Wildman–Crippen MR) is 124 cm³/mol. The van der Waals surface area contributed by atoms with E-state index in [1.807, 2.05) is 0 Å². The van der Waals surface area contributed by atoms with Crippen LogP contribution in [0.1, 0.15) is 11.1 Å². The van der Waals surface area contributed by atoms with E-state index in [0.29, 0.717) is 11.3 Å². The molecule has 0 aromatic heterocycles. The van der Waals surface area contributed by atoms with Crippen LogP contribution in [0.4, 0.5) is 28.9 Å². The lowest BCUT2D eigenvalue weighted by atomic mass is 10.2. The van der Waals surface area contributed by atoms with Crippen LogP contribution >= 0.6 is 11.6 Å². The average Bonchev–Trinajstić information content (AvgIpc) is 2.77. The van der Waals surface area contributed by atoms with Crippen molar-refractivity contribution in [2.24, 2.45) is 0 Å². The number of anilines is 2. The number of alkyl halides is 3. The Morgan fingerprint density at radius 3 is 2.23 bits per heavy atom. The van der Waals surface area contributed by atoms with Gasteiger partial charge in [-0.2, -0.15) is 13.2 Å². The van der Waals surface area contributed by atoms with E-state index < -0.39 is 45.1 Å². The number of halogens is 5. The van der Waals surface area contributed by atoms with Crippen molar-refractivity contribution in [2.45, 2.75) is 12.7 Å². The van der Waals surface area contributed by atoms with E-state index in [1.165, 1.54) is 54.6 Å². The molecule has 0 unspecified atom stereocenters. The van der Waals surface area contributed by atoms with Crippen molar-refractivity contribution in [1.29, 1.82) is 0 Å². The molecule has 1 amide bonds. The second kappa shape index (κ2) is 10.5. The van der Waals surface area contributed by atoms with Gasteiger partial charge in [0.15, 0.2) is 6.61 Å². The Labute approximate surface area is 204 Å². The van der Waals surface area contributed by atoms with Crippen LogP contribution < -0.4 is 14.4 Å². The minimum absolute atomic E-state index is 0.0251. The molecule has 0 radical (unpaired) electrons. The molecule has 0 spiro atoms. The molecule has 0 bridgehead atoms. The Kier molecular flexibility index (Phi) is 7.91. The summed E-state index contributed by atoms with van der Waals surface area (Å²) in [5.74, 6) is -0.924. The van der Waals surface area contributed by atoms with E-state index >= 15 is 0 Å². The molecule has 0 fully saturated rings. The Bertz CT molecular complexity index is 1300.